The highest BCUT2D eigenvalue weighted by atomic mass is 32.1. The topological polar surface area (TPSA) is 80.9 Å². The van der Waals surface area contributed by atoms with E-state index in [-0.39, 0.29) is 11.9 Å². The fourth-order valence-electron chi connectivity index (χ4n) is 1.12. The monoisotopic (exact) mass is 214 g/mol. The van der Waals surface area contributed by atoms with Crippen molar-refractivity contribution in [2.24, 2.45) is 5.73 Å². The smallest absolute Gasteiger partial charge is 0.272 e. The first-order valence-electron chi connectivity index (χ1n) is 4.56. The first-order chi connectivity index (χ1) is 6.77. The van der Waals surface area contributed by atoms with E-state index in [9.17, 15) is 4.79 Å². The minimum Gasteiger partial charge on any atom is -0.347 e. The molecule has 5 nitrogen and oxygen atoms in total. The van der Waals surface area contributed by atoms with Gasteiger partial charge in [0, 0.05) is 12.6 Å². The minimum absolute atomic E-state index is 0.0363. The average molecular weight is 214 g/mol. The van der Waals surface area contributed by atoms with Gasteiger partial charge in [0.25, 0.3) is 5.91 Å². The van der Waals surface area contributed by atoms with E-state index in [1.807, 2.05) is 0 Å². The van der Waals surface area contributed by atoms with Crippen LogP contribution in [0.4, 0.5) is 0 Å². The minimum atomic E-state index is -0.192. The molecule has 1 aromatic heterocycles. The van der Waals surface area contributed by atoms with E-state index in [0.717, 1.165) is 24.6 Å². The van der Waals surface area contributed by atoms with Crippen LogP contribution in [0, 0.1) is 0 Å². The number of rotatable bonds is 5. The van der Waals surface area contributed by atoms with Crippen LogP contribution < -0.4 is 11.1 Å². The second-order valence-corrected chi connectivity index (χ2v) is 3.54. The third-order valence-corrected chi connectivity index (χ3v) is 2.33. The van der Waals surface area contributed by atoms with Crippen molar-refractivity contribution in [2.45, 2.75) is 25.8 Å². The van der Waals surface area contributed by atoms with Gasteiger partial charge in [0.15, 0.2) is 5.69 Å². The lowest BCUT2D eigenvalue weighted by molar-refractivity contribution is 0.0932. The summed E-state index contributed by atoms with van der Waals surface area (Å²) in [5.41, 5.74) is 5.88. The molecule has 78 valence electrons. The molecule has 0 aliphatic heterocycles. The van der Waals surface area contributed by atoms with Crippen LogP contribution >= 0.6 is 11.7 Å². The molecule has 0 saturated heterocycles. The highest BCUT2D eigenvalue weighted by Gasteiger charge is 2.13. The number of carbonyl (C=O) groups excluding carboxylic acids is 1. The quantitative estimate of drug-likeness (QED) is 0.743. The van der Waals surface area contributed by atoms with Gasteiger partial charge in [0.1, 0.15) is 0 Å². The molecule has 1 aromatic rings. The molecule has 0 saturated carbocycles. The molecule has 1 amide bonds. The molecule has 1 rings (SSSR count). The number of hydrogen-bond acceptors (Lipinski definition) is 5. The van der Waals surface area contributed by atoms with Gasteiger partial charge in [-0.15, -0.1) is 0 Å². The Morgan fingerprint density at radius 3 is 3.07 bits per heavy atom. The zero-order valence-electron chi connectivity index (χ0n) is 8.06. The molecular formula is C8H14N4OS. The van der Waals surface area contributed by atoms with Gasteiger partial charge in [-0.3, -0.25) is 4.79 Å². The average Bonchev–Trinajstić information content (AvgIpc) is 2.69. The van der Waals surface area contributed by atoms with Gasteiger partial charge >= 0.3 is 0 Å². The lowest BCUT2D eigenvalue weighted by atomic mass is 10.1. The largest absolute Gasteiger partial charge is 0.347 e. The molecule has 14 heavy (non-hydrogen) atoms. The van der Waals surface area contributed by atoms with E-state index in [4.69, 9.17) is 5.73 Å². The fraction of sp³-hybridized carbons (Fsp3) is 0.625. The summed E-state index contributed by atoms with van der Waals surface area (Å²) in [4.78, 5) is 11.5. The van der Waals surface area contributed by atoms with Gasteiger partial charge in [-0.1, -0.05) is 13.3 Å². The van der Waals surface area contributed by atoms with Crippen LogP contribution in [0.2, 0.25) is 0 Å². The molecule has 0 spiro atoms. The second kappa shape index (κ2) is 5.66. The fourth-order valence-corrected chi connectivity index (χ4v) is 1.53. The summed E-state index contributed by atoms with van der Waals surface area (Å²) >= 11 is 1.02. The third kappa shape index (κ3) is 3.04. The van der Waals surface area contributed by atoms with E-state index in [2.05, 4.69) is 21.0 Å². The second-order valence-electron chi connectivity index (χ2n) is 2.99. The lowest BCUT2D eigenvalue weighted by Gasteiger charge is -2.14. The molecule has 0 bridgehead atoms. The van der Waals surface area contributed by atoms with E-state index in [0.29, 0.717) is 12.2 Å². The van der Waals surface area contributed by atoms with E-state index in [1.165, 1.54) is 6.20 Å². The van der Waals surface area contributed by atoms with E-state index in [1.54, 1.807) is 0 Å². The zero-order valence-corrected chi connectivity index (χ0v) is 8.88. The lowest BCUT2D eigenvalue weighted by Crippen LogP contribution is -2.40. The summed E-state index contributed by atoms with van der Waals surface area (Å²) in [6.07, 6.45) is 3.34. The Kier molecular flexibility index (Phi) is 4.48. The Hall–Kier alpha value is -1.01. The summed E-state index contributed by atoms with van der Waals surface area (Å²) in [5.74, 6) is -0.192. The summed E-state index contributed by atoms with van der Waals surface area (Å²) in [6, 6.07) is 0.0363. The summed E-state index contributed by atoms with van der Waals surface area (Å²) < 4.78 is 7.60. The molecule has 1 unspecified atom stereocenters. The maximum atomic E-state index is 11.5. The first-order valence-corrected chi connectivity index (χ1v) is 5.29. The normalized spacial score (nSPS) is 12.4. The standard InChI is InChI=1S/C8H14N4OS/c1-2-3-6(4-9)11-8(13)7-5-10-14-12-7/h5-6H,2-4,9H2,1H3,(H,11,13). The van der Waals surface area contributed by atoms with Gasteiger partial charge in [0.2, 0.25) is 0 Å². The van der Waals surface area contributed by atoms with Crippen molar-refractivity contribution in [3.63, 3.8) is 0 Å². The van der Waals surface area contributed by atoms with Crippen LogP contribution in [0.15, 0.2) is 6.20 Å². The molecule has 1 atom stereocenters. The molecule has 0 aliphatic carbocycles. The summed E-state index contributed by atoms with van der Waals surface area (Å²) in [5, 5.41) is 2.81. The predicted octanol–water partition coefficient (Wildman–Crippen LogP) is 0.395. The zero-order chi connectivity index (χ0) is 10.4. The van der Waals surface area contributed by atoms with Gasteiger partial charge in [0.05, 0.1) is 17.9 Å². The van der Waals surface area contributed by atoms with Crippen molar-refractivity contribution < 1.29 is 4.79 Å². The molecule has 0 aliphatic rings. The van der Waals surface area contributed by atoms with Gasteiger partial charge < -0.3 is 11.1 Å². The Bertz CT molecular complexity index is 275. The van der Waals surface area contributed by atoms with E-state index >= 15 is 0 Å². The van der Waals surface area contributed by atoms with Crippen LogP contribution in [0.1, 0.15) is 30.3 Å². The highest BCUT2D eigenvalue weighted by Crippen LogP contribution is 1.99. The number of nitrogens with one attached hydrogen (secondary N) is 1. The van der Waals surface area contributed by atoms with Gasteiger partial charge in [-0.2, -0.15) is 8.75 Å². The van der Waals surface area contributed by atoms with Crippen molar-refractivity contribution in [3.05, 3.63) is 11.9 Å². The van der Waals surface area contributed by atoms with E-state index < -0.39 is 0 Å². The van der Waals surface area contributed by atoms with Crippen molar-refractivity contribution in [1.82, 2.24) is 14.1 Å². The summed E-state index contributed by atoms with van der Waals surface area (Å²) in [7, 11) is 0. The molecule has 0 aromatic carbocycles. The Morgan fingerprint density at radius 1 is 1.79 bits per heavy atom. The van der Waals surface area contributed by atoms with Crippen LogP contribution in [0.5, 0.6) is 0 Å². The van der Waals surface area contributed by atoms with Crippen molar-refractivity contribution >= 4 is 17.6 Å². The van der Waals surface area contributed by atoms with Crippen LogP contribution in [-0.4, -0.2) is 27.2 Å². The Balaban J connectivity index is 2.47. The van der Waals surface area contributed by atoms with Crippen LogP contribution in [0.3, 0.4) is 0 Å². The molecular weight excluding hydrogens is 200 g/mol. The number of amides is 1. The van der Waals surface area contributed by atoms with Crippen LogP contribution in [0.25, 0.3) is 0 Å². The molecule has 0 radical (unpaired) electrons. The molecule has 0 fully saturated rings. The first kappa shape index (κ1) is 11.1. The number of carbonyl (C=O) groups is 1. The number of nitrogens with two attached hydrogens (primary N) is 1. The number of hydrogen-bond donors (Lipinski definition) is 2. The molecule has 1 heterocycles. The van der Waals surface area contributed by atoms with Crippen molar-refractivity contribution in [2.75, 3.05) is 6.54 Å². The van der Waals surface area contributed by atoms with Crippen molar-refractivity contribution in [1.29, 1.82) is 0 Å². The predicted molar refractivity (Wildman–Crippen MR) is 55.1 cm³/mol. The number of nitrogens with zero attached hydrogens (tertiary/aromatic N) is 2. The van der Waals surface area contributed by atoms with Gasteiger partial charge in [-0.25, -0.2) is 0 Å². The van der Waals surface area contributed by atoms with Gasteiger partial charge in [-0.05, 0) is 6.42 Å². The SMILES string of the molecule is CCCC(CN)NC(=O)c1cnsn1. The molecule has 3 N–H and O–H groups in total. The highest BCUT2D eigenvalue weighted by molar-refractivity contribution is 6.99. The maximum absolute atomic E-state index is 11.5. The number of aromatic nitrogens is 2. The maximum Gasteiger partial charge on any atom is 0.272 e. The Morgan fingerprint density at radius 2 is 2.57 bits per heavy atom. The Labute approximate surface area is 87.0 Å². The van der Waals surface area contributed by atoms with Crippen LogP contribution in [-0.2, 0) is 0 Å². The molecule has 6 heteroatoms. The summed E-state index contributed by atoms with van der Waals surface area (Å²) in [6.45, 7) is 2.51. The van der Waals surface area contributed by atoms with Crippen molar-refractivity contribution in [3.8, 4) is 0 Å². The third-order valence-electron chi connectivity index (χ3n) is 1.85.